The van der Waals surface area contributed by atoms with Gasteiger partial charge < -0.3 is 16.0 Å². The van der Waals surface area contributed by atoms with Gasteiger partial charge in [0.15, 0.2) is 0 Å². The SMILES string of the molecule is O=C(NC1CC1)N[C@@H]1CCNC1. The predicted octanol–water partition coefficient (Wildman–Crippen LogP) is -0.190. The van der Waals surface area contributed by atoms with Crippen molar-refractivity contribution in [3.63, 3.8) is 0 Å². The summed E-state index contributed by atoms with van der Waals surface area (Å²) in [5.41, 5.74) is 0. The summed E-state index contributed by atoms with van der Waals surface area (Å²) in [6.07, 6.45) is 3.35. The molecule has 4 nitrogen and oxygen atoms in total. The zero-order valence-corrected chi connectivity index (χ0v) is 7.10. The molecule has 0 aromatic carbocycles. The van der Waals surface area contributed by atoms with Gasteiger partial charge in [-0.15, -0.1) is 0 Å². The zero-order valence-electron chi connectivity index (χ0n) is 7.10. The number of hydrogen-bond acceptors (Lipinski definition) is 2. The third-order valence-corrected chi connectivity index (χ3v) is 2.31. The zero-order chi connectivity index (χ0) is 8.39. The lowest BCUT2D eigenvalue weighted by molar-refractivity contribution is 0.237. The minimum atomic E-state index is 0.00574. The molecule has 12 heavy (non-hydrogen) atoms. The standard InChI is InChI=1S/C8H15N3O/c12-8(10-6-1-2-6)11-7-3-4-9-5-7/h6-7,9H,1-5H2,(H2,10,11,12)/t7-/m1/s1. The van der Waals surface area contributed by atoms with E-state index in [1.807, 2.05) is 0 Å². The molecule has 0 bridgehead atoms. The summed E-state index contributed by atoms with van der Waals surface area (Å²) in [6.45, 7) is 1.94. The summed E-state index contributed by atoms with van der Waals surface area (Å²) < 4.78 is 0. The van der Waals surface area contributed by atoms with Crippen molar-refractivity contribution in [1.29, 1.82) is 0 Å². The molecule has 3 N–H and O–H groups in total. The van der Waals surface area contributed by atoms with E-state index in [4.69, 9.17) is 0 Å². The van der Waals surface area contributed by atoms with Crippen molar-refractivity contribution in [2.75, 3.05) is 13.1 Å². The molecule has 1 saturated heterocycles. The van der Waals surface area contributed by atoms with Crippen LogP contribution in [0, 0.1) is 0 Å². The van der Waals surface area contributed by atoms with Gasteiger partial charge in [-0.3, -0.25) is 0 Å². The highest BCUT2D eigenvalue weighted by Gasteiger charge is 2.24. The molecule has 1 heterocycles. The lowest BCUT2D eigenvalue weighted by Gasteiger charge is -2.11. The summed E-state index contributed by atoms with van der Waals surface area (Å²) in [6, 6.07) is 0.800. The molecule has 0 aromatic rings. The second-order valence-electron chi connectivity index (χ2n) is 3.58. The van der Waals surface area contributed by atoms with Crippen LogP contribution in [0.3, 0.4) is 0 Å². The van der Waals surface area contributed by atoms with Gasteiger partial charge in [0.1, 0.15) is 0 Å². The summed E-state index contributed by atoms with van der Waals surface area (Å²) >= 11 is 0. The van der Waals surface area contributed by atoms with E-state index in [1.165, 1.54) is 0 Å². The third-order valence-electron chi connectivity index (χ3n) is 2.31. The Balaban J connectivity index is 1.66. The predicted molar refractivity (Wildman–Crippen MR) is 46.0 cm³/mol. The van der Waals surface area contributed by atoms with Crippen LogP contribution >= 0.6 is 0 Å². The fourth-order valence-electron chi connectivity index (χ4n) is 1.42. The van der Waals surface area contributed by atoms with Gasteiger partial charge in [-0.2, -0.15) is 0 Å². The van der Waals surface area contributed by atoms with Crippen LogP contribution in [0.4, 0.5) is 4.79 Å². The largest absolute Gasteiger partial charge is 0.335 e. The Morgan fingerprint density at radius 1 is 1.17 bits per heavy atom. The van der Waals surface area contributed by atoms with E-state index in [0.717, 1.165) is 32.4 Å². The molecule has 1 atom stereocenters. The second-order valence-corrected chi connectivity index (χ2v) is 3.58. The first-order chi connectivity index (χ1) is 5.84. The Labute approximate surface area is 72.1 Å². The maximum Gasteiger partial charge on any atom is 0.315 e. The van der Waals surface area contributed by atoms with Crippen LogP contribution in [-0.2, 0) is 0 Å². The average Bonchev–Trinajstić information content (AvgIpc) is 2.66. The monoisotopic (exact) mass is 169 g/mol. The van der Waals surface area contributed by atoms with Gasteiger partial charge in [0.05, 0.1) is 0 Å². The highest BCUT2D eigenvalue weighted by molar-refractivity contribution is 5.74. The summed E-state index contributed by atoms with van der Waals surface area (Å²) in [5, 5.41) is 9.04. The lowest BCUT2D eigenvalue weighted by Crippen LogP contribution is -2.43. The van der Waals surface area contributed by atoms with Crippen LogP contribution in [0.2, 0.25) is 0 Å². The van der Waals surface area contributed by atoms with Crippen molar-refractivity contribution in [1.82, 2.24) is 16.0 Å². The molecule has 2 aliphatic rings. The minimum absolute atomic E-state index is 0.00574. The van der Waals surface area contributed by atoms with Crippen molar-refractivity contribution >= 4 is 6.03 Å². The summed E-state index contributed by atoms with van der Waals surface area (Å²) in [5.74, 6) is 0. The number of carbonyl (C=O) groups excluding carboxylic acids is 1. The summed E-state index contributed by atoms with van der Waals surface area (Å²) in [7, 11) is 0. The van der Waals surface area contributed by atoms with Crippen LogP contribution in [0.5, 0.6) is 0 Å². The number of amides is 2. The molecular formula is C8H15N3O. The van der Waals surface area contributed by atoms with E-state index in [0.29, 0.717) is 12.1 Å². The van der Waals surface area contributed by atoms with Gasteiger partial charge in [0.25, 0.3) is 0 Å². The molecule has 68 valence electrons. The molecule has 0 aromatic heterocycles. The molecule has 0 unspecified atom stereocenters. The highest BCUT2D eigenvalue weighted by Crippen LogP contribution is 2.18. The van der Waals surface area contributed by atoms with Gasteiger partial charge in [0, 0.05) is 18.6 Å². The maximum absolute atomic E-state index is 11.2. The van der Waals surface area contributed by atoms with Gasteiger partial charge in [0.2, 0.25) is 0 Å². The molecule has 1 saturated carbocycles. The van der Waals surface area contributed by atoms with Crippen LogP contribution in [-0.4, -0.2) is 31.2 Å². The molecule has 2 rings (SSSR count). The van der Waals surface area contributed by atoms with Crippen LogP contribution in [0.15, 0.2) is 0 Å². The van der Waals surface area contributed by atoms with Crippen molar-refractivity contribution in [3.05, 3.63) is 0 Å². The number of hydrogen-bond donors (Lipinski definition) is 3. The Morgan fingerprint density at radius 2 is 1.92 bits per heavy atom. The van der Waals surface area contributed by atoms with Crippen molar-refractivity contribution < 1.29 is 4.79 Å². The Hall–Kier alpha value is -0.770. The molecule has 0 spiro atoms. The van der Waals surface area contributed by atoms with Gasteiger partial charge >= 0.3 is 6.03 Å². The molecule has 4 heteroatoms. The Bertz CT molecular complexity index is 173. The maximum atomic E-state index is 11.2. The van der Waals surface area contributed by atoms with E-state index in [2.05, 4.69) is 16.0 Å². The van der Waals surface area contributed by atoms with Crippen LogP contribution in [0.25, 0.3) is 0 Å². The molecule has 2 amide bonds. The van der Waals surface area contributed by atoms with Gasteiger partial charge in [-0.25, -0.2) is 4.79 Å². The molecule has 2 fully saturated rings. The normalized spacial score (nSPS) is 28.5. The van der Waals surface area contributed by atoms with E-state index in [-0.39, 0.29) is 6.03 Å². The lowest BCUT2D eigenvalue weighted by atomic mass is 10.3. The second kappa shape index (κ2) is 3.31. The van der Waals surface area contributed by atoms with Crippen molar-refractivity contribution in [2.45, 2.75) is 31.3 Å². The number of carbonyl (C=O) groups is 1. The van der Waals surface area contributed by atoms with E-state index >= 15 is 0 Å². The Morgan fingerprint density at radius 3 is 2.50 bits per heavy atom. The molecular weight excluding hydrogens is 154 g/mol. The number of rotatable bonds is 2. The number of urea groups is 1. The van der Waals surface area contributed by atoms with Gasteiger partial charge in [-0.05, 0) is 25.8 Å². The van der Waals surface area contributed by atoms with Crippen molar-refractivity contribution in [2.24, 2.45) is 0 Å². The highest BCUT2D eigenvalue weighted by atomic mass is 16.2. The molecule has 0 radical (unpaired) electrons. The first kappa shape index (κ1) is 7.86. The van der Waals surface area contributed by atoms with Gasteiger partial charge in [-0.1, -0.05) is 0 Å². The number of nitrogens with one attached hydrogen (secondary N) is 3. The topological polar surface area (TPSA) is 53.2 Å². The van der Waals surface area contributed by atoms with Crippen molar-refractivity contribution in [3.8, 4) is 0 Å². The smallest absolute Gasteiger partial charge is 0.315 e. The summed E-state index contributed by atoms with van der Waals surface area (Å²) in [4.78, 5) is 11.2. The van der Waals surface area contributed by atoms with Crippen LogP contribution in [0.1, 0.15) is 19.3 Å². The molecule has 1 aliphatic carbocycles. The van der Waals surface area contributed by atoms with E-state index in [9.17, 15) is 4.79 Å². The fraction of sp³-hybridized carbons (Fsp3) is 0.875. The first-order valence-electron chi connectivity index (χ1n) is 4.62. The van der Waals surface area contributed by atoms with Crippen LogP contribution < -0.4 is 16.0 Å². The molecule has 1 aliphatic heterocycles. The quantitative estimate of drug-likeness (QED) is 0.536. The van der Waals surface area contributed by atoms with E-state index in [1.54, 1.807) is 0 Å². The Kier molecular flexibility index (Phi) is 2.17. The van der Waals surface area contributed by atoms with E-state index < -0.39 is 0 Å². The minimum Gasteiger partial charge on any atom is -0.335 e. The fourth-order valence-corrected chi connectivity index (χ4v) is 1.42. The average molecular weight is 169 g/mol. The first-order valence-corrected chi connectivity index (χ1v) is 4.62. The third kappa shape index (κ3) is 2.11.